The van der Waals surface area contributed by atoms with Crippen molar-refractivity contribution in [1.29, 1.82) is 0 Å². The number of halogens is 2. The summed E-state index contributed by atoms with van der Waals surface area (Å²) < 4.78 is 0. The van der Waals surface area contributed by atoms with E-state index >= 15 is 0 Å². The molecule has 2 unspecified atom stereocenters. The molecule has 0 aromatic carbocycles. The van der Waals surface area contributed by atoms with Crippen molar-refractivity contribution < 1.29 is 9.90 Å². The van der Waals surface area contributed by atoms with Crippen molar-refractivity contribution in [3.63, 3.8) is 0 Å². The molecule has 0 aromatic heterocycles. The van der Waals surface area contributed by atoms with Crippen LogP contribution in [0.3, 0.4) is 0 Å². The normalized spacial score (nSPS) is 29.1. The van der Waals surface area contributed by atoms with Gasteiger partial charge in [-0.25, -0.2) is 0 Å². The monoisotopic (exact) mass is 251 g/mol. The molecule has 1 rings (SSSR count). The van der Waals surface area contributed by atoms with Crippen LogP contribution in [0.5, 0.6) is 0 Å². The van der Waals surface area contributed by atoms with Crippen LogP contribution in [0.15, 0.2) is 10.6 Å². The Bertz CT molecular complexity index is 268. The van der Waals surface area contributed by atoms with Crippen LogP contribution in [-0.4, -0.2) is 35.1 Å². The predicted molar refractivity (Wildman–Crippen MR) is 61.2 cm³/mol. The molecule has 0 aliphatic carbocycles. The molecule has 0 aromatic rings. The first-order valence-electron chi connectivity index (χ1n) is 4.96. The fourth-order valence-electron chi connectivity index (χ4n) is 1.83. The highest BCUT2D eigenvalue weighted by Crippen LogP contribution is 2.23. The minimum Gasteiger partial charge on any atom is -0.481 e. The molecule has 0 radical (unpaired) electrons. The Morgan fingerprint density at radius 2 is 2.27 bits per heavy atom. The summed E-state index contributed by atoms with van der Waals surface area (Å²) in [6, 6.07) is 0.367. The van der Waals surface area contributed by atoms with Gasteiger partial charge in [-0.2, -0.15) is 0 Å². The van der Waals surface area contributed by atoms with Crippen LogP contribution in [0, 0.1) is 5.92 Å². The molecule has 1 heterocycles. The van der Waals surface area contributed by atoms with E-state index < -0.39 is 5.97 Å². The highest BCUT2D eigenvalue weighted by molar-refractivity contribution is 6.36. The summed E-state index contributed by atoms with van der Waals surface area (Å²) in [5.74, 6) is -1.00. The summed E-state index contributed by atoms with van der Waals surface area (Å²) >= 11 is 11.3. The second-order valence-corrected chi connectivity index (χ2v) is 4.65. The lowest BCUT2D eigenvalue weighted by molar-refractivity contribution is -0.144. The zero-order chi connectivity index (χ0) is 11.4. The molecule has 5 heteroatoms. The molecule has 0 spiro atoms. The average Bonchev–Trinajstić information content (AvgIpc) is 2.20. The summed E-state index contributed by atoms with van der Waals surface area (Å²) in [4.78, 5) is 12.9. The average molecular weight is 252 g/mol. The molecule has 1 saturated heterocycles. The predicted octanol–water partition coefficient (Wildman–Crippen LogP) is 2.49. The van der Waals surface area contributed by atoms with Crippen LogP contribution in [0.25, 0.3) is 0 Å². The molecular formula is C10H15Cl2NO2. The summed E-state index contributed by atoms with van der Waals surface area (Å²) in [6.07, 6.45) is 1.64. The van der Waals surface area contributed by atoms with E-state index in [9.17, 15) is 4.79 Å². The number of rotatable bonds is 3. The third-order valence-electron chi connectivity index (χ3n) is 2.83. The molecule has 86 valence electrons. The number of carbonyl (C=O) groups is 1. The number of hydrogen-bond donors (Lipinski definition) is 1. The Hall–Kier alpha value is -0.250. The van der Waals surface area contributed by atoms with Crippen LogP contribution in [0.1, 0.15) is 19.8 Å². The molecule has 1 aliphatic heterocycles. The standard InChI is InChI=1S/C10H15Cl2NO2/c1-7-2-3-8(10(14)15)5-13(7)6-9(12)4-11/h4,7-8H,2-3,5-6H2,1H3,(H,14,15)/b9-4-. The van der Waals surface area contributed by atoms with Crippen LogP contribution in [-0.2, 0) is 4.79 Å². The van der Waals surface area contributed by atoms with Gasteiger partial charge in [-0.3, -0.25) is 9.69 Å². The van der Waals surface area contributed by atoms with Crippen LogP contribution >= 0.6 is 23.2 Å². The van der Waals surface area contributed by atoms with Crippen molar-refractivity contribution in [2.24, 2.45) is 5.92 Å². The van der Waals surface area contributed by atoms with Crippen molar-refractivity contribution in [2.75, 3.05) is 13.1 Å². The van der Waals surface area contributed by atoms with E-state index in [-0.39, 0.29) is 5.92 Å². The van der Waals surface area contributed by atoms with E-state index in [0.717, 1.165) is 12.8 Å². The minimum absolute atomic E-state index is 0.277. The van der Waals surface area contributed by atoms with Gasteiger partial charge in [0.25, 0.3) is 0 Å². The lowest BCUT2D eigenvalue weighted by atomic mass is 9.93. The minimum atomic E-state index is -0.724. The molecule has 2 atom stereocenters. The quantitative estimate of drug-likeness (QED) is 0.838. The molecule has 1 fully saturated rings. The van der Waals surface area contributed by atoms with Gasteiger partial charge >= 0.3 is 5.97 Å². The molecule has 0 bridgehead atoms. The van der Waals surface area contributed by atoms with Crippen molar-refractivity contribution in [2.45, 2.75) is 25.8 Å². The molecule has 1 N–H and O–H groups in total. The summed E-state index contributed by atoms with van der Waals surface area (Å²) in [6.45, 7) is 3.17. The van der Waals surface area contributed by atoms with Gasteiger partial charge in [0.05, 0.1) is 5.92 Å². The third kappa shape index (κ3) is 3.67. The largest absolute Gasteiger partial charge is 0.481 e. The number of carboxylic acids is 1. The lowest BCUT2D eigenvalue weighted by Crippen LogP contribution is -2.44. The first kappa shape index (κ1) is 12.8. The van der Waals surface area contributed by atoms with Gasteiger partial charge in [0.15, 0.2) is 0 Å². The van der Waals surface area contributed by atoms with Crippen molar-refractivity contribution in [3.05, 3.63) is 10.6 Å². The molecule has 15 heavy (non-hydrogen) atoms. The topological polar surface area (TPSA) is 40.5 Å². The number of nitrogens with zero attached hydrogens (tertiary/aromatic N) is 1. The Labute approximate surface area is 99.7 Å². The van der Waals surface area contributed by atoms with Gasteiger partial charge in [0.2, 0.25) is 0 Å². The van der Waals surface area contributed by atoms with Gasteiger partial charge in [-0.05, 0) is 19.8 Å². The SMILES string of the molecule is CC1CCC(C(=O)O)CN1C/C(Cl)=C/Cl. The van der Waals surface area contributed by atoms with E-state index in [0.29, 0.717) is 24.2 Å². The number of hydrogen-bond acceptors (Lipinski definition) is 2. The maximum atomic E-state index is 10.9. The Kier molecular flexibility index (Phi) is 4.90. The van der Waals surface area contributed by atoms with Crippen LogP contribution < -0.4 is 0 Å². The van der Waals surface area contributed by atoms with Crippen LogP contribution in [0.2, 0.25) is 0 Å². The molecule has 0 saturated carbocycles. The van der Waals surface area contributed by atoms with Crippen LogP contribution in [0.4, 0.5) is 0 Å². The van der Waals surface area contributed by atoms with Gasteiger partial charge in [0, 0.05) is 29.7 Å². The van der Waals surface area contributed by atoms with E-state index in [1.165, 1.54) is 5.54 Å². The van der Waals surface area contributed by atoms with Gasteiger partial charge in [-0.1, -0.05) is 23.2 Å². The number of aliphatic carboxylic acids is 1. The first-order valence-corrected chi connectivity index (χ1v) is 5.77. The van der Waals surface area contributed by atoms with Crippen molar-refractivity contribution in [1.82, 2.24) is 4.90 Å². The number of likely N-dealkylation sites (tertiary alicyclic amines) is 1. The second-order valence-electron chi connectivity index (χ2n) is 3.95. The summed E-state index contributed by atoms with van der Waals surface area (Å²) in [7, 11) is 0. The van der Waals surface area contributed by atoms with Gasteiger partial charge in [0.1, 0.15) is 0 Å². The fraction of sp³-hybridized carbons (Fsp3) is 0.700. The maximum absolute atomic E-state index is 10.9. The molecule has 0 amide bonds. The highest BCUT2D eigenvalue weighted by atomic mass is 35.5. The fourth-order valence-corrected chi connectivity index (χ4v) is 2.05. The van der Waals surface area contributed by atoms with E-state index in [4.69, 9.17) is 28.3 Å². The molecule has 1 aliphatic rings. The Balaban J connectivity index is 2.57. The zero-order valence-corrected chi connectivity index (χ0v) is 10.1. The van der Waals surface area contributed by atoms with Gasteiger partial charge < -0.3 is 5.11 Å². The van der Waals surface area contributed by atoms with E-state index in [1.54, 1.807) is 0 Å². The number of carboxylic acid groups (broad SMARTS) is 1. The second kappa shape index (κ2) is 5.73. The Morgan fingerprint density at radius 3 is 2.80 bits per heavy atom. The lowest BCUT2D eigenvalue weighted by Gasteiger charge is -2.36. The molecular weight excluding hydrogens is 237 g/mol. The first-order chi connectivity index (χ1) is 7.04. The maximum Gasteiger partial charge on any atom is 0.307 e. The van der Waals surface area contributed by atoms with E-state index in [2.05, 4.69) is 11.8 Å². The smallest absolute Gasteiger partial charge is 0.307 e. The summed E-state index contributed by atoms with van der Waals surface area (Å²) in [5, 5.41) is 9.48. The Morgan fingerprint density at radius 1 is 1.60 bits per heavy atom. The summed E-state index contributed by atoms with van der Waals surface area (Å²) in [5.41, 5.74) is 1.33. The van der Waals surface area contributed by atoms with Crippen molar-refractivity contribution in [3.8, 4) is 0 Å². The molecule has 3 nitrogen and oxygen atoms in total. The zero-order valence-electron chi connectivity index (χ0n) is 8.62. The van der Waals surface area contributed by atoms with Gasteiger partial charge in [-0.15, -0.1) is 0 Å². The third-order valence-corrected chi connectivity index (χ3v) is 3.44. The van der Waals surface area contributed by atoms with E-state index in [1.807, 2.05) is 0 Å². The van der Waals surface area contributed by atoms with Crippen molar-refractivity contribution >= 4 is 29.2 Å². The highest BCUT2D eigenvalue weighted by Gasteiger charge is 2.29. The number of piperidine rings is 1.